The molecule has 0 saturated carbocycles. The number of hydrogen-bond donors (Lipinski definition) is 3. The highest BCUT2D eigenvalue weighted by molar-refractivity contribution is 5.66. The second-order valence-corrected chi connectivity index (χ2v) is 8.01. The summed E-state index contributed by atoms with van der Waals surface area (Å²) >= 11 is 0. The highest BCUT2D eigenvalue weighted by atomic mass is 16.7. The van der Waals surface area contributed by atoms with Gasteiger partial charge in [0.1, 0.15) is 0 Å². The van der Waals surface area contributed by atoms with Crippen molar-refractivity contribution in [3.63, 3.8) is 0 Å². The normalized spacial score (nSPS) is 25.3. The molecule has 3 N–H and O–H groups in total. The summed E-state index contributed by atoms with van der Waals surface area (Å²) in [5.41, 5.74) is 3.82. The molecule has 1 aromatic carbocycles. The Kier molecular flexibility index (Phi) is 8.47. The summed E-state index contributed by atoms with van der Waals surface area (Å²) in [6, 6.07) is 8.64. The number of carbonyl (C=O) groups is 1. The van der Waals surface area contributed by atoms with Crippen LogP contribution in [0.3, 0.4) is 0 Å². The Labute approximate surface area is 178 Å². The van der Waals surface area contributed by atoms with E-state index >= 15 is 0 Å². The Hall–Kier alpha value is -1.71. The molecule has 0 radical (unpaired) electrons. The van der Waals surface area contributed by atoms with Crippen LogP contribution in [0.25, 0.3) is 0 Å². The van der Waals surface area contributed by atoms with Gasteiger partial charge in [-0.15, -0.1) is 0 Å². The Bertz CT molecular complexity index is 656. The molecule has 0 unspecified atom stereocenters. The molecule has 2 fully saturated rings. The standard InChI is InChI=1S/C22H34N2O6/c1-3-16(4-2)30-23-13-20(25)18(12-15-8-6-5-7-9-15)24(22(26)27)19-14-29-21-17(19)10-11-28-21/h5-9,16-21,23,25H,3-4,10-14H2,1-2H3,(H,26,27)/t17-,18-,19-,20+,21+/m0/s1. The Morgan fingerprint density at radius 1 is 1.27 bits per heavy atom. The van der Waals surface area contributed by atoms with E-state index in [1.165, 1.54) is 4.90 Å². The minimum absolute atomic E-state index is 0.0136. The van der Waals surface area contributed by atoms with Crippen LogP contribution in [0.4, 0.5) is 4.79 Å². The molecule has 2 aliphatic heterocycles. The molecular formula is C22H34N2O6. The van der Waals surface area contributed by atoms with Crippen LogP contribution in [0.1, 0.15) is 38.7 Å². The molecule has 5 atom stereocenters. The van der Waals surface area contributed by atoms with Crippen LogP contribution in [0.15, 0.2) is 30.3 Å². The van der Waals surface area contributed by atoms with Crippen molar-refractivity contribution in [1.29, 1.82) is 0 Å². The molecule has 0 aliphatic carbocycles. The van der Waals surface area contributed by atoms with Crippen LogP contribution in [0, 0.1) is 5.92 Å². The van der Waals surface area contributed by atoms with E-state index in [0.717, 1.165) is 24.8 Å². The van der Waals surface area contributed by atoms with Crippen LogP contribution in [0.2, 0.25) is 0 Å². The summed E-state index contributed by atoms with van der Waals surface area (Å²) in [4.78, 5) is 19.4. The quantitative estimate of drug-likeness (QED) is 0.471. The highest BCUT2D eigenvalue weighted by Crippen LogP contribution is 2.35. The maximum atomic E-state index is 12.4. The second-order valence-electron chi connectivity index (χ2n) is 8.01. The van der Waals surface area contributed by atoms with Crippen molar-refractivity contribution in [2.75, 3.05) is 19.8 Å². The largest absolute Gasteiger partial charge is 0.465 e. The highest BCUT2D eigenvalue weighted by Gasteiger charge is 2.48. The first kappa shape index (κ1) is 23.0. The van der Waals surface area contributed by atoms with Gasteiger partial charge in [-0.3, -0.25) is 9.74 Å². The molecule has 30 heavy (non-hydrogen) atoms. The van der Waals surface area contributed by atoms with Crippen molar-refractivity contribution in [2.24, 2.45) is 5.92 Å². The lowest BCUT2D eigenvalue weighted by molar-refractivity contribution is -0.0907. The minimum atomic E-state index is -1.06. The first-order chi connectivity index (χ1) is 14.5. The first-order valence-electron chi connectivity index (χ1n) is 10.9. The topological polar surface area (TPSA) is 100 Å². The molecule has 8 nitrogen and oxygen atoms in total. The van der Waals surface area contributed by atoms with Crippen molar-refractivity contribution in [1.82, 2.24) is 10.4 Å². The number of amides is 1. The van der Waals surface area contributed by atoms with E-state index in [-0.39, 0.29) is 37.5 Å². The number of fused-ring (bicyclic) bond motifs is 1. The third-order valence-electron chi connectivity index (χ3n) is 6.13. The summed E-state index contributed by atoms with van der Waals surface area (Å²) in [5, 5.41) is 21.1. The number of benzene rings is 1. The van der Waals surface area contributed by atoms with Crippen LogP contribution in [-0.4, -0.2) is 71.5 Å². The van der Waals surface area contributed by atoms with E-state index in [1.807, 2.05) is 44.2 Å². The van der Waals surface area contributed by atoms with Gasteiger partial charge >= 0.3 is 6.09 Å². The lowest BCUT2D eigenvalue weighted by atomic mass is 9.93. The zero-order valence-corrected chi connectivity index (χ0v) is 17.8. The third kappa shape index (κ3) is 5.50. The van der Waals surface area contributed by atoms with Gasteiger partial charge in [0.15, 0.2) is 6.29 Å². The van der Waals surface area contributed by atoms with E-state index < -0.39 is 18.2 Å². The summed E-state index contributed by atoms with van der Waals surface area (Å²) < 4.78 is 11.3. The van der Waals surface area contributed by atoms with E-state index in [1.54, 1.807) is 0 Å². The average Bonchev–Trinajstić information content (AvgIpc) is 3.36. The summed E-state index contributed by atoms with van der Waals surface area (Å²) in [6.45, 7) is 5.05. The van der Waals surface area contributed by atoms with Gasteiger partial charge < -0.3 is 19.7 Å². The van der Waals surface area contributed by atoms with Gasteiger partial charge in [-0.1, -0.05) is 44.2 Å². The minimum Gasteiger partial charge on any atom is -0.465 e. The SMILES string of the molecule is CCC(CC)ONC[C@@H](O)[C@H](Cc1ccccc1)N(C(=O)O)[C@H]1CO[C@H]2OCC[C@H]21. The molecule has 168 valence electrons. The number of carboxylic acid groups (broad SMARTS) is 1. The monoisotopic (exact) mass is 422 g/mol. The number of nitrogens with one attached hydrogen (secondary N) is 1. The molecule has 1 aromatic rings. The molecule has 0 spiro atoms. The zero-order valence-electron chi connectivity index (χ0n) is 17.8. The van der Waals surface area contributed by atoms with E-state index in [9.17, 15) is 15.0 Å². The smallest absolute Gasteiger partial charge is 0.407 e. The van der Waals surface area contributed by atoms with Crippen LogP contribution >= 0.6 is 0 Å². The second kappa shape index (κ2) is 11.1. The van der Waals surface area contributed by atoms with Gasteiger partial charge in [-0.05, 0) is 31.2 Å². The van der Waals surface area contributed by atoms with E-state index in [2.05, 4.69) is 5.48 Å². The molecule has 2 saturated heterocycles. The number of aliphatic hydroxyl groups excluding tert-OH is 1. The van der Waals surface area contributed by atoms with Crippen molar-refractivity contribution in [2.45, 2.75) is 70.1 Å². The lowest BCUT2D eigenvalue weighted by Crippen LogP contribution is -2.57. The van der Waals surface area contributed by atoms with E-state index in [0.29, 0.717) is 13.0 Å². The fraction of sp³-hybridized carbons (Fsp3) is 0.682. The van der Waals surface area contributed by atoms with Crippen LogP contribution < -0.4 is 5.48 Å². The Balaban J connectivity index is 1.76. The lowest BCUT2D eigenvalue weighted by Gasteiger charge is -2.38. The van der Waals surface area contributed by atoms with Crippen molar-refractivity contribution in [3.8, 4) is 0 Å². The average molecular weight is 423 g/mol. The number of nitrogens with zero attached hydrogens (tertiary/aromatic N) is 1. The van der Waals surface area contributed by atoms with Gasteiger partial charge in [-0.25, -0.2) is 4.79 Å². The number of ether oxygens (including phenoxy) is 2. The number of aliphatic hydroxyl groups is 1. The molecular weight excluding hydrogens is 388 g/mol. The van der Waals surface area contributed by atoms with Gasteiger partial charge in [0.25, 0.3) is 0 Å². The third-order valence-corrected chi connectivity index (χ3v) is 6.13. The molecule has 2 aliphatic rings. The maximum Gasteiger partial charge on any atom is 0.407 e. The van der Waals surface area contributed by atoms with Crippen LogP contribution in [0.5, 0.6) is 0 Å². The predicted octanol–water partition coefficient (Wildman–Crippen LogP) is 2.41. The summed E-state index contributed by atoms with van der Waals surface area (Å²) in [5.74, 6) is -0.0136. The molecule has 0 aromatic heterocycles. The molecule has 8 heteroatoms. The van der Waals surface area contributed by atoms with Crippen molar-refractivity contribution < 1.29 is 29.3 Å². The fourth-order valence-corrected chi connectivity index (χ4v) is 4.38. The van der Waals surface area contributed by atoms with Gasteiger partial charge in [0, 0.05) is 12.5 Å². The van der Waals surface area contributed by atoms with E-state index in [4.69, 9.17) is 14.3 Å². The van der Waals surface area contributed by atoms with Crippen molar-refractivity contribution in [3.05, 3.63) is 35.9 Å². The first-order valence-corrected chi connectivity index (χ1v) is 10.9. The van der Waals surface area contributed by atoms with Crippen LogP contribution in [-0.2, 0) is 20.7 Å². The molecule has 0 bridgehead atoms. The fourth-order valence-electron chi connectivity index (χ4n) is 4.38. The summed E-state index contributed by atoms with van der Waals surface area (Å²) in [7, 11) is 0. The molecule has 1 amide bonds. The molecule has 2 heterocycles. The number of hydrogen-bond acceptors (Lipinski definition) is 6. The predicted molar refractivity (Wildman–Crippen MR) is 111 cm³/mol. The zero-order chi connectivity index (χ0) is 21.5. The Morgan fingerprint density at radius 2 is 2.00 bits per heavy atom. The van der Waals surface area contributed by atoms with Crippen molar-refractivity contribution >= 4 is 6.09 Å². The van der Waals surface area contributed by atoms with Gasteiger partial charge in [0.2, 0.25) is 0 Å². The van der Waals surface area contributed by atoms with Gasteiger partial charge in [-0.2, -0.15) is 5.48 Å². The van der Waals surface area contributed by atoms with Gasteiger partial charge in [0.05, 0.1) is 37.5 Å². The molecule has 3 rings (SSSR count). The summed E-state index contributed by atoms with van der Waals surface area (Å²) in [6.07, 6.45) is 0.559. The maximum absolute atomic E-state index is 12.4. The number of rotatable bonds is 11. The number of hydroxylamine groups is 1. The Morgan fingerprint density at radius 3 is 2.67 bits per heavy atom.